The Morgan fingerprint density at radius 1 is 1.00 bits per heavy atom. The lowest BCUT2D eigenvalue weighted by Crippen LogP contribution is -2.51. The number of rotatable bonds is 9. The van der Waals surface area contributed by atoms with Crippen LogP contribution in [0.4, 0.5) is 0 Å². The summed E-state index contributed by atoms with van der Waals surface area (Å²) >= 11 is 0. The fraction of sp³-hybridized carbons (Fsp3) is 0.941. The summed E-state index contributed by atoms with van der Waals surface area (Å²) in [6, 6.07) is 0.376. The summed E-state index contributed by atoms with van der Waals surface area (Å²) in [6.45, 7) is 14.3. The van der Waals surface area contributed by atoms with Gasteiger partial charge in [-0.15, -0.1) is 0 Å². The SMILES string of the molecule is CC(C)CCCCCN1CCN(C(=O)CNC(C)C)CC1. The van der Waals surface area contributed by atoms with Crippen LogP contribution in [0.5, 0.6) is 0 Å². The smallest absolute Gasteiger partial charge is 0.236 e. The number of piperazine rings is 1. The molecule has 0 bridgehead atoms. The van der Waals surface area contributed by atoms with Crippen LogP contribution in [0.25, 0.3) is 0 Å². The lowest BCUT2D eigenvalue weighted by atomic mass is 10.1. The van der Waals surface area contributed by atoms with Gasteiger partial charge in [-0.1, -0.05) is 47.0 Å². The molecule has 1 rings (SSSR count). The highest BCUT2D eigenvalue weighted by Crippen LogP contribution is 2.09. The van der Waals surface area contributed by atoms with Crippen molar-refractivity contribution in [3.8, 4) is 0 Å². The number of carbonyl (C=O) groups is 1. The molecule has 4 heteroatoms. The highest BCUT2D eigenvalue weighted by atomic mass is 16.2. The largest absolute Gasteiger partial charge is 0.339 e. The van der Waals surface area contributed by atoms with Gasteiger partial charge in [-0.25, -0.2) is 0 Å². The summed E-state index contributed by atoms with van der Waals surface area (Å²) in [5.74, 6) is 1.08. The molecular formula is C17H35N3O. The number of nitrogens with zero attached hydrogens (tertiary/aromatic N) is 2. The molecule has 1 saturated heterocycles. The molecule has 0 radical (unpaired) electrons. The van der Waals surface area contributed by atoms with Gasteiger partial charge in [0.05, 0.1) is 6.54 Å². The van der Waals surface area contributed by atoms with E-state index in [-0.39, 0.29) is 5.91 Å². The first kappa shape index (κ1) is 18.4. The van der Waals surface area contributed by atoms with Crippen LogP contribution in [0.15, 0.2) is 0 Å². The summed E-state index contributed by atoms with van der Waals surface area (Å²) in [4.78, 5) is 16.5. The van der Waals surface area contributed by atoms with Gasteiger partial charge in [-0.2, -0.15) is 0 Å². The second-order valence-electron chi connectivity index (χ2n) is 7.00. The van der Waals surface area contributed by atoms with Crippen molar-refractivity contribution in [1.82, 2.24) is 15.1 Å². The fourth-order valence-electron chi connectivity index (χ4n) is 2.69. The Bertz CT molecular complexity index is 284. The fourth-order valence-corrected chi connectivity index (χ4v) is 2.69. The Labute approximate surface area is 131 Å². The van der Waals surface area contributed by atoms with Gasteiger partial charge >= 0.3 is 0 Å². The van der Waals surface area contributed by atoms with Gasteiger partial charge in [0.25, 0.3) is 0 Å². The summed E-state index contributed by atoms with van der Waals surface area (Å²) in [7, 11) is 0. The zero-order valence-electron chi connectivity index (χ0n) is 14.5. The van der Waals surface area contributed by atoms with Crippen molar-refractivity contribution in [3.05, 3.63) is 0 Å². The zero-order chi connectivity index (χ0) is 15.7. The Morgan fingerprint density at radius 3 is 2.24 bits per heavy atom. The van der Waals surface area contributed by atoms with Crippen LogP contribution >= 0.6 is 0 Å². The highest BCUT2D eigenvalue weighted by Gasteiger charge is 2.20. The van der Waals surface area contributed by atoms with Gasteiger partial charge in [0, 0.05) is 32.2 Å². The van der Waals surface area contributed by atoms with E-state index in [2.05, 4.69) is 37.9 Å². The van der Waals surface area contributed by atoms with E-state index in [0.29, 0.717) is 12.6 Å². The third-order valence-electron chi connectivity index (χ3n) is 4.14. The quantitative estimate of drug-likeness (QED) is 0.664. The second kappa shape index (κ2) is 10.2. The van der Waals surface area contributed by atoms with Crippen LogP contribution in [0.3, 0.4) is 0 Å². The molecular weight excluding hydrogens is 262 g/mol. The molecule has 0 unspecified atom stereocenters. The van der Waals surface area contributed by atoms with E-state index in [4.69, 9.17) is 0 Å². The number of unbranched alkanes of at least 4 members (excludes halogenated alkanes) is 2. The van der Waals surface area contributed by atoms with Crippen molar-refractivity contribution in [2.45, 2.75) is 59.4 Å². The topological polar surface area (TPSA) is 35.6 Å². The van der Waals surface area contributed by atoms with E-state index in [1.54, 1.807) is 0 Å². The molecule has 1 aliphatic rings. The predicted molar refractivity (Wildman–Crippen MR) is 89.5 cm³/mol. The van der Waals surface area contributed by atoms with E-state index in [1.807, 2.05) is 4.90 Å². The maximum atomic E-state index is 12.0. The summed E-state index contributed by atoms with van der Waals surface area (Å²) < 4.78 is 0. The first-order valence-corrected chi connectivity index (χ1v) is 8.72. The second-order valence-corrected chi connectivity index (χ2v) is 7.00. The predicted octanol–water partition coefficient (Wildman–Crippen LogP) is 2.34. The molecule has 21 heavy (non-hydrogen) atoms. The van der Waals surface area contributed by atoms with Crippen molar-refractivity contribution in [2.75, 3.05) is 39.3 Å². The van der Waals surface area contributed by atoms with E-state index in [1.165, 1.54) is 32.2 Å². The minimum atomic E-state index is 0.250. The van der Waals surface area contributed by atoms with Crippen molar-refractivity contribution >= 4 is 5.91 Å². The van der Waals surface area contributed by atoms with Gasteiger partial charge in [0.2, 0.25) is 5.91 Å². The van der Waals surface area contributed by atoms with Gasteiger partial charge in [0.1, 0.15) is 0 Å². The summed E-state index contributed by atoms with van der Waals surface area (Å²) in [5, 5.41) is 3.21. The lowest BCUT2D eigenvalue weighted by Gasteiger charge is -2.35. The molecule has 0 atom stereocenters. The number of nitrogens with one attached hydrogen (secondary N) is 1. The van der Waals surface area contributed by atoms with Crippen molar-refractivity contribution in [2.24, 2.45) is 5.92 Å². The minimum Gasteiger partial charge on any atom is -0.339 e. The Hall–Kier alpha value is -0.610. The number of hydrogen-bond donors (Lipinski definition) is 1. The Kier molecular flexibility index (Phi) is 8.93. The summed E-state index contributed by atoms with van der Waals surface area (Å²) in [6.07, 6.45) is 5.35. The molecule has 0 aromatic carbocycles. The Balaban J connectivity index is 2.07. The van der Waals surface area contributed by atoms with Crippen molar-refractivity contribution in [1.29, 1.82) is 0 Å². The normalized spacial score (nSPS) is 17.0. The van der Waals surface area contributed by atoms with Gasteiger partial charge in [-0.05, 0) is 18.9 Å². The van der Waals surface area contributed by atoms with Gasteiger partial charge < -0.3 is 10.2 Å². The lowest BCUT2D eigenvalue weighted by molar-refractivity contribution is -0.132. The van der Waals surface area contributed by atoms with Crippen molar-refractivity contribution in [3.63, 3.8) is 0 Å². The average Bonchev–Trinajstić information content (AvgIpc) is 2.44. The van der Waals surface area contributed by atoms with Crippen LogP contribution in [0.1, 0.15) is 53.4 Å². The van der Waals surface area contributed by atoms with E-state index < -0.39 is 0 Å². The standard InChI is InChI=1S/C17H35N3O/c1-15(2)8-6-5-7-9-19-10-12-20(13-11-19)17(21)14-18-16(3)4/h15-16,18H,5-14H2,1-4H3. The molecule has 1 aliphatic heterocycles. The molecule has 0 saturated carbocycles. The molecule has 0 aromatic heterocycles. The maximum absolute atomic E-state index is 12.0. The molecule has 1 amide bonds. The monoisotopic (exact) mass is 297 g/mol. The van der Waals surface area contributed by atoms with Crippen LogP contribution < -0.4 is 5.32 Å². The third kappa shape index (κ3) is 8.42. The molecule has 0 aliphatic carbocycles. The number of carbonyl (C=O) groups excluding carboxylic acids is 1. The minimum absolute atomic E-state index is 0.250. The number of hydrogen-bond acceptors (Lipinski definition) is 3. The number of amides is 1. The third-order valence-corrected chi connectivity index (χ3v) is 4.14. The first-order chi connectivity index (χ1) is 9.99. The molecule has 4 nitrogen and oxygen atoms in total. The van der Waals surface area contributed by atoms with Crippen LogP contribution in [-0.2, 0) is 4.79 Å². The van der Waals surface area contributed by atoms with Gasteiger partial charge in [-0.3, -0.25) is 9.69 Å². The Morgan fingerprint density at radius 2 is 1.67 bits per heavy atom. The van der Waals surface area contributed by atoms with Crippen LogP contribution in [-0.4, -0.2) is 61.0 Å². The molecule has 1 fully saturated rings. The average molecular weight is 297 g/mol. The van der Waals surface area contributed by atoms with Gasteiger partial charge in [0.15, 0.2) is 0 Å². The van der Waals surface area contributed by atoms with E-state index in [0.717, 1.165) is 32.1 Å². The van der Waals surface area contributed by atoms with E-state index in [9.17, 15) is 4.79 Å². The van der Waals surface area contributed by atoms with E-state index >= 15 is 0 Å². The molecule has 0 spiro atoms. The maximum Gasteiger partial charge on any atom is 0.236 e. The van der Waals surface area contributed by atoms with Crippen LogP contribution in [0, 0.1) is 5.92 Å². The van der Waals surface area contributed by atoms with Crippen LogP contribution in [0.2, 0.25) is 0 Å². The first-order valence-electron chi connectivity index (χ1n) is 8.72. The highest BCUT2D eigenvalue weighted by molar-refractivity contribution is 5.78. The molecule has 0 aromatic rings. The summed E-state index contributed by atoms with van der Waals surface area (Å²) in [5.41, 5.74) is 0. The van der Waals surface area contributed by atoms with Crippen molar-refractivity contribution < 1.29 is 4.79 Å². The molecule has 1 N–H and O–H groups in total. The molecule has 124 valence electrons. The molecule has 1 heterocycles. The zero-order valence-corrected chi connectivity index (χ0v) is 14.5.